The van der Waals surface area contributed by atoms with Gasteiger partial charge in [0.15, 0.2) is 17.6 Å². The van der Waals surface area contributed by atoms with Crippen LogP contribution in [0.3, 0.4) is 0 Å². The molecule has 5 rings (SSSR count). The van der Waals surface area contributed by atoms with E-state index in [1.807, 2.05) is 12.1 Å². The lowest BCUT2D eigenvalue weighted by Gasteiger charge is -2.39. The van der Waals surface area contributed by atoms with Gasteiger partial charge >= 0.3 is 11.9 Å². The van der Waals surface area contributed by atoms with Crippen LogP contribution in [-0.4, -0.2) is 62.6 Å². The van der Waals surface area contributed by atoms with Crippen molar-refractivity contribution in [1.82, 2.24) is 4.90 Å². The van der Waals surface area contributed by atoms with E-state index in [4.69, 9.17) is 18.9 Å². The van der Waals surface area contributed by atoms with Crippen LogP contribution in [0.2, 0.25) is 0 Å². The highest BCUT2D eigenvalue weighted by molar-refractivity contribution is 5.93. The van der Waals surface area contributed by atoms with Crippen molar-refractivity contribution in [3.05, 3.63) is 47.2 Å². The fraction of sp³-hybridized carbons (Fsp3) is 0.500. The zero-order chi connectivity index (χ0) is 22.5. The molecule has 0 amide bonds. The van der Waals surface area contributed by atoms with Crippen molar-refractivity contribution in [2.45, 2.75) is 43.2 Å². The Balaban J connectivity index is 1.55. The van der Waals surface area contributed by atoms with E-state index in [0.717, 1.165) is 49.2 Å². The second-order valence-corrected chi connectivity index (χ2v) is 8.65. The lowest BCUT2D eigenvalue weighted by molar-refractivity contribution is -0.148. The van der Waals surface area contributed by atoms with Gasteiger partial charge in [-0.3, -0.25) is 9.69 Å². The van der Waals surface area contributed by atoms with Crippen molar-refractivity contribution in [1.29, 1.82) is 0 Å². The number of hydrogen-bond acceptors (Lipinski definition) is 8. The van der Waals surface area contributed by atoms with Crippen LogP contribution in [0.1, 0.15) is 36.3 Å². The Labute approximate surface area is 186 Å². The Morgan fingerprint density at radius 3 is 2.75 bits per heavy atom. The zero-order valence-electron chi connectivity index (χ0n) is 18.3. The molecule has 0 radical (unpaired) electrons. The summed E-state index contributed by atoms with van der Waals surface area (Å²) in [5, 5.41) is 0. The Hall–Kier alpha value is -3.00. The Bertz CT molecular complexity index is 1020. The van der Waals surface area contributed by atoms with E-state index < -0.39 is 18.0 Å². The molecule has 1 aromatic rings. The van der Waals surface area contributed by atoms with Gasteiger partial charge in [-0.1, -0.05) is 6.58 Å². The van der Waals surface area contributed by atoms with Gasteiger partial charge in [0.25, 0.3) is 0 Å². The molecule has 1 saturated heterocycles. The van der Waals surface area contributed by atoms with E-state index in [9.17, 15) is 9.59 Å². The van der Waals surface area contributed by atoms with Crippen molar-refractivity contribution >= 4 is 11.9 Å². The van der Waals surface area contributed by atoms with Crippen LogP contribution in [0.15, 0.2) is 36.1 Å². The summed E-state index contributed by atoms with van der Waals surface area (Å²) in [4.78, 5) is 27.0. The van der Waals surface area contributed by atoms with Crippen molar-refractivity contribution in [2.75, 3.05) is 34.1 Å². The third-order valence-electron chi connectivity index (χ3n) is 7.07. The minimum Gasteiger partial charge on any atom is -0.497 e. The molecule has 0 unspecified atom stereocenters. The molecule has 0 saturated carbocycles. The van der Waals surface area contributed by atoms with E-state index in [1.54, 1.807) is 7.11 Å². The molecule has 1 aliphatic carbocycles. The molecular formula is C24H27NO7. The van der Waals surface area contributed by atoms with E-state index in [1.165, 1.54) is 7.11 Å². The molecule has 8 nitrogen and oxygen atoms in total. The largest absolute Gasteiger partial charge is 0.497 e. The highest BCUT2D eigenvalue weighted by Crippen LogP contribution is 2.55. The highest BCUT2D eigenvalue weighted by Gasteiger charge is 2.58. The molecule has 32 heavy (non-hydrogen) atoms. The number of carbonyl (C=O) groups excluding carboxylic acids is 2. The van der Waals surface area contributed by atoms with Gasteiger partial charge in [-0.25, -0.2) is 4.79 Å². The van der Waals surface area contributed by atoms with Crippen molar-refractivity contribution in [3.63, 3.8) is 0 Å². The number of ether oxygens (including phenoxy) is 5. The predicted octanol–water partition coefficient (Wildman–Crippen LogP) is 2.46. The number of benzene rings is 1. The predicted molar refractivity (Wildman–Crippen MR) is 113 cm³/mol. The average molecular weight is 441 g/mol. The minimum atomic E-state index is -0.639. The molecule has 0 bridgehead atoms. The molecule has 0 aromatic heterocycles. The maximum Gasteiger partial charge on any atom is 0.334 e. The van der Waals surface area contributed by atoms with Crippen LogP contribution in [-0.2, 0) is 30.2 Å². The third-order valence-corrected chi connectivity index (χ3v) is 7.07. The molecule has 3 atom stereocenters. The van der Waals surface area contributed by atoms with Gasteiger partial charge in [-0.15, -0.1) is 0 Å². The Morgan fingerprint density at radius 1 is 1.22 bits per heavy atom. The fourth-order valence-corrected chi connectivity index (χ4v) is 5.61. The first-order chi connectivity index (χ1) is 15.5. The number of rotatable bonds is 5. The van der Waals surface area contributed by atoms with E-state index in [0.29, 0.717) is 11.5 Å². The first-order valence-corrected chi connectivity index (χ1v) is 10.9. The van der Waals surface area contributed by atoms with Gasteiger partial charge in [0.05, 0.1) is 32.1 Å². The minimum absolute atomic E-state index is 0.0519. The lowest BCUT2D eigenvalue weighted by Crippen LogP contribution is -2.47. The number of nitrogens with zero attached hydrogens (tertiary/aromatic N) is 1. The van der Waals surface area contributed by atoms with Gasteiger partial charge in [0.2, 0.25) is 6.79 Å². The summed E-state index contributed by atoms with van der Waals surface area (Å²) in [6, 6.07) is 4.08. The molecule has 4 aliphatic rings. The van der Waals surface area contributed by atoms with E-state index in [2.05, 4.69) is 22.3 Å². The van der Waals surface area contributed by atoms with Gasteiger partial charge in [0.1, 0.15) is 5.76 Å². The molecule has 1 spiro atoms. The summed E-state index contributed by atoms with van der Waals surface area (Å²) in [6.07, 6.45) is 4.14. The van der Waals surface area contributed by atoms with Crippen molar-refractivity contribution in [3.8, 4) is 11.5 Å². The summed E-state index contributed by atoms with van der Waals surface area (Å²) in [5.41, 5.74) is 1.99. The third kappa shape index (κ3) is 3.16. The van der Waals surface area contributed by atoms with Crippen LogP contribution >= 0.6 is 0 Å². The number of esters is 2. The Morgan fingerprint density at radius 2 is 2.00 bits per heavy atom. The van der Waals surface area contributed by atoms with Gasteiger partial charge in [0, 0.05) is 12.1 Å². The molecule has 0 N–H and O–H groups in total. The fourth-order valence-electron chi connectivity index (χ4n) is 5.61. The zero-order valence-corrected chi connectivity index (χ0v) is 18.3. The second kappa shape index (κ2) is 7.85. The van der Waals surface area contributed by atoms with Crippen LogP contribution in [0.4, 0.5) is 0 Å². The first kappa shape index (κ1) is 20.9. The maximum absolute atomic E-state index is 12.9. The molecule has 3 aliphatic heterocycles. The summed E-state index contributed by atoms with van der Waals surface area (Å²) in [5.74, 6) is 0.742. The SMILES string of the molecule is C=C(CC(=O)OC)C(=O)O[C@@H]1C(OC)=C[C@]23CCCN2CCc2cc4c(cc2[C@H]13)OCO4. The smallest absolute Gasteiger partial charge is 0.334 e. The normalized spacial score (nSPS) is 27.5. The molecule has 8 heteroatoms. The number of carbonyl (C=O) groups is 2. The average Bonchev–Trinajstić information content (AvgIpc) is 3.47. The maximum atomic E-state index is 12.9. The van der Waals surface area contributed by atoms with Crippen LogP contribution < -0.4 is 9.47 Å². The van der Waals surface area contributed by atoms with Crippen LogP contribution in [0.5, 0.6) is 11.5 Å². The molecule has 170 valence electrons. The summed E-state index contributed by atoms with van der Waals surface area (Å²) in [6.45, 7) is 5.80. The molecule has 1 fully saturated rings. The van der Waals surface area contributed by atoms with Gasteiger partial charge in [-0.05, 0) is 55.1 Å². The number of hydrogen-bond donors (Lipinski definition) is 0. The van der Waals surface area contributed by atoms with Gasteiger partial charge in [-0.2, -0.15) is 0 Å². The molecule has 1 aromatic carbocycles. The number of methoxy groups -OCH3 is 2. The first-order valence-electron chi connectivity index (χ1n) is 10.9. The van der Waals surface area contributed by atoms with E-state index >= 15 is 0 Å². The standard InChI is InChI=1S/C24H27NO7/c1-14(9-20(26)29-3)23(27)32-22-19(28-2)12-24-6-4-7-25(24)8-5-15-10-17-18(31-13-30-17)11-16(15)21(22)24/h10-12,21-22H,1,4-9,13H2,2-3H3/t21-,22-,24+/m1/s1. The van der Waals surface area contributed by atoms with Crippen molar-refractivity contribution < 1.29 is 33.3 Å². The quantitative estimate of drug-likeness (QED) is 0.509. The second-order valence-electron chi connectivity index (χ2n) is 8.65. The van der Waals surface area contributed by atoms with Gasteiger partial charge < -0.3 is 23.7 Å². The van der Waals surface area contributed by atoms with E-state index in [-0.39, 0.29) is 30.2 Å². The molecular weight excluding hydrogens is 414 g/mol. The van der Waals surface area contributed by atoms with Crippen LogP contribution in [0.25, 0.3) is 0 Å². The highest BCUT2D eigenvalue weighted by atomic mass is 16.7. The summed E-state index contributed by atoms with van der Waals surface area (Å²) >= 11 is 0. The number of fused-ring (bicyclic) bond motifs is 3. The van der Waals surface area contributed by atoms with Crippen LogP contribution in [0, 0.1) is 0 Å². The van der Waals surface area contributed by atoms with Crippen molar-refractivity contribution in [2.24, 2.45) is 0 Å². The summed E-state index contributed by atoms with van der Waals surface area (Å²) in [7, 11) is 2.87. The summed E-state index contributed by atoms with van der Waals surface area (Å²) < 4.78 is 27.6. The Kier molecular flexibility index (Phi) is 5.12. The lowest BCUT2D eigenvalue weighted by atomic mass is 9.77. The topological polar surface area (TPSA) is 83.5 Å². The molecule has 3 heterocycles. The monoisotopic (exact) mass is 441 g/mol.